The van der Waals surface area contributed by atoms with E-state index in [1.165, 1.54) is 0 Å². The molecule has 0 radical (unpaired) electrons. The van der Waals surface area contributed by atoms with Gasteiger partial charge in [-0.2, -0.15) is 0 Å². The molecule has 2 nitrogen and oxygen atoms in total. The van der Waals surface area contributed by atoms with Crippen LogP contribution in [0.2, 0.25) is 0 Å². The van der Waals surface area contributed by atoms with E-state index < -0.39 is 0 Å². The van der Waals surface area contributed by atoms with E-state index in [9.17, 15) is 4.79 Å². The lowest BCUT2D eigenvalue weighted by Gasteiger charge is -2.16. The van der Waals surface area contributed by atoms with Crippen molar-refractivity contribution in [1.29, 1.82) is 0 Å². The zero-order chi connectivity index (χ0) is 11.9. The molecule has 86 valence electrons. The molecule has 0 saturated carbocycles. The Labute approximate surface area is 96.6 Å². The normalized spacial score (nSPS) is 17.1. The maximum Gasteiger partial charge on any atom is 0.165 e. The maximum absolute atomic E-state index is 11.9. The number of benzene rings is 1. The van der Waals surface area contributed by atoms with Crippen LogP contribution in [-0.4, -0.2) is 11.4 Å². The van der Waals surface area contributed by atoms with Crippen LogP contribution in [0.4, 0.5) is 0 Å². The molecule has 0 spiro atoms. The summed E-state index contributed by atoms with van der Waals surface area (Å²) in [6.45, 7) is 7.99. The Morgan fingerprint density at radius 3 is 2.69 bits per heavy atom. The zero-order valence-electron chi connectivity index (χ0n) is 10.3. The van der Waals surface area contributed by atoms with E-state index in [4.69, 9.17) is 4.74 Å². The van der Waals surface area contributed by atoms with Gasteiger partial charge in [-0.25, -0.2) is 0 Å². The van der Waals surface area contributed by atoms with Crippen molar-refractivity contribution in [2.45, 2.75) is 39.7 Å². The molecule has 2 heteroatoms. The van der Waals surface area contributed by atoms with Gasteiger partial charge in [0.1, 0.15) is 11.4 Å². The van der Waals surface area contributed by atoms with Crippen molar-refractivity contribution in [3.8, 4) is 5.75 Å². The summed E-state index contributed by atoms with van der Waals surface area (Å²) in [5, 5.41) is 0. The summed E-state index contributed by atoms with van der Waals surface area (Å²) in [7, 11) is 0. The van der Waals surface area contributed by atoms with Crippen LogP contribution in [0, 0.1) is 5.92 Å². The van der Waals surface area contributed by atoms with Crippen molar-refractivity contribution in [1.82, 2.24) is 0 Å². The van der Waals surface area contributed by atoms with Gasteiger partial charge >= 0.3 is 0 Å². The van der Waals surface area contributed by atoms with E-state index in [0.717, 1.165) is 23.3 Å². The van der Waals surface area contributed by atoms with Gasteiger partial charge in [0.25, 0.3) is 0 Å². The molecule has 1 aliphatic rings. The molecule has 1 heterocycles. The van der Waals surface area contributed by atoms with Gasteiger partial charge in [-0.05, 0) is 37.6 Å². The minimum Gasteiger partial charge on any atom is -0.487 e. The number of hydrogen-bond donors (Lipinski definition) is 0. The molecule has 1 aliphatic heterocycles. The predicted molar refractivity (Wildman–Crippen MR) is 64.0 cm³/mol. The summed E-state index contributed by atoms with van der Waals surface area (Å²) in [4.78, 5) is 11.9. The Kier molecular flexibility index (Phi) is 2.53. The smallest absolute Gasteiger partial charge is 0.165 e. The lowest BCUT2D eigenvalue weighted by atomic mass is 9.96. The number of hydrogen-bond acceptors (Lipinski definition) is 2. The number of carbonyl (C=O) groups excluding carboxylic acids is 1. The van der Waals surface area contributed by atoms with Crippen LogP contribution in [0.25, 0.3) is 0 Å². The third-order valence-electron chi connectivity index (χ3n) is 2.87. The van der Waals surface area contributed by atoms with Gasteiger partial charge in [-0.3, -0.25) is 4.79 Å². The van der Waals surface area contributed by atoms with Crippen LogP contribution < -0.4 is 4.74 Å². The van der Waals surface area contributed by atoms with Gasteiger partial charge in [-0.1, -0.05) is 13.8 Å². The van der Waals surface area contributed by atoms with Crippen LogP contribution >= 0.6 is 0 Å². The van der Waals surface area contributed by atoms with Gasteiger partial charge in [-0.15, -0.1) is 0 Å². The van der Waals surface area contributed by atoms with Gasteiger partial charge < -0.3 is 4.74 Å². The van der Waals surface area contributed by atoms with E-state index in [1.807, 2.05) is 32.0 Å². The van der Waals surface area contributed by atoms with E-state index in [2.05, 4.69) is 13.8 Å². The van der Waals surface area contributed by atoms with E-state index in [-0.39, 0.29) is 17.3 Å². The summed E-state index contributed by atoms with van der Waals surface area (Å²) in [5.41, 5.74) is 1.81. The molecule has 0 bridgehead atoms. The third-order valence-corrected chi connectivity index (χ3v) is 2.87. The molecule has 1 aromatic carbocycles. The lowest BCUT2D eigenvalue weighted by Crippen LogP contribution is -2.24. The maximum atomic E-state index is 11.9. The Hall–Kier alpha value is -1.31. The Bertz CT molecular complexity index is 430. The molecule has 0 aromatic heterocycles. The number of fused-ring (bicyclic) bond motifs is 1. The highest BCUT2D eigenvalue weighted by Crippen LogP contribution is 2.35. The molecule has 0 aliphatic carbocycles. The Balaban J connectivity index is 2.33. The van der Waals surface area contributed by atoms with Gasteiger partial charge in [0.05, 0.1) is 0 Å². The van der Waals surface area contributed by atoms with Crippen LogP contribution in [0.3, 0.4) is 0 Å². The zero-order valence-corrected chi connectivity index (χ0v) is 10.3. The van der Waals surface area contributed by atoms with Crippen LogP contribution in [0.1, 0.15) is 43.6 Å². The average Bonchev–Trinajstić information content (AvgIpc) is 2.48. The molecular weight excluding hydrogens is 200 g/mol. The summed E-state index contributed by atoms with van der Waals surface area (Å²) in [6.07, 6.45) is 0.877. The molecule has 0 saturated heterocycles. The van der Waals surface area contributed by atoms with Crippen LogP contribution in [0.15, 0.2) is 18.2 Å². The number of Topliss-reactive ketones (excluding diaryl/α,β-unsaturated/α-hetero) is 1. The number of rotatable bonds is 2. The topological polar surface area (TPSA) is 26.3 Å². The van der Waals surface area contributed by atoms with Crippen LogP contribution in [-0.2, 0) is 6.42 Å². The van der Waals surface area contributed by atoms with Crippen molar-refractivity contribution < 1.29 is 9.53 Å². The number of ketones is 1. The molecule has 1 aromatic rings. The summed E-state index contributed by atoms with van der Waals surface area (Å²) < 4.78 is 5.78. The number of carbonyl (C=O) groups is 1. The average molecular weight is 218 g/mol. The Morgan fingerprint density at radius 2 is 2.06 bits per heavy atom. The van der Waals surface area contributed by atoms with E-state index in [1.54, 1.807) is 0 Å². The predicted octanol–water partition coefficient (Wildman–Crippen LogP) is 3.24. The van der Waals surface area contributed by atoms with E-state index >= 15 is 0 Å². The second-order valence-corrected chi connectivity index (χ2v) is 5.38. The fraction of sp³-hybridized carbons (Fsp3) is 0.500. The van der Waals surface area contributed by atoms with Crippen molar-refractivity contribution in [2.75, 3.05) is 0 Å². The minimum absolute atomic E-state index is 0.0494. The first-order valence-electron chi connectivity index (χ1n) is 5.75. The second-order valence-electron chi connectivity index (χ2n) is 5.38. The lowest BCUT2D eigenvalue weighted by molar-refractivity contribution is 0.0939. The second kappa shape index (κ2) is 3.62. The van der Waals surface area contributed by atoms with Crippen molar-refractivity contribution in [3.63, 3.8) is 0 Å². The van der Waals surface area contributed by atoms with Crippen molar-refractivity contribution >= 4 is 5.78 Å². The van der Waals surface area contributed by atoms with E-state index in [0.29, 0.717) is 0 Å². The fourth-order valence-corrected chi connectivity index (χ4v) is 2.10. The summed E-state index contributed by atoms with van der Waals surface area (Å²) in [5.74, 6) is 1.17. The molecule has 0 N–H and O–H groups in total. The largest absolute Gasteiger partial charge is 0.487 e. The highest BCUT2D eigenvalue weighted by atomic mass is 16.5. The van der Waals surface area contributed by atoms with Gasteiger partial charge in [0.15, 0.2) is 5.78 Å². The highest BCUT2D eigenvalue weighted by molar-refractivity contribution is 5.97. The van der Waals surface area contributed by atoms with Crippen molar-refractivity contribution in [3.05, 3.63) is 29.3 Å². The molecule has 0 amide bonds. The molecule has 2 rings (SSSR count). The quantitative estimate of drug-likeness (QED) is 0.712. The summed E-state index contributed by atoms with van der Waals surface area (Å²) >= 11 is 0. The first-order chi connectivity index (χ1) is 7.39. The summed E-state index contributed by atoms with van der Waals surface area (Å²) in [6, 6.07) is 5.76. The standard InChI is InChI=1S/C14H18O2/c1-9(2)13(15)10-5-6-12-11(7-10)8-14(3,4)16-12/h5-7,9H,8H2,1-4H3. The third kappa shape index (κ3) is 1.97. The molecule has 16 heavy (non-hydrogen) atoms. The molecule has 0 atom stereocenters. The monoisotopic (exact) mass is 218 g/mol. The number of ether oxygens (including phenoxy) is 1. The minimum atomic E-state index is -0.137. The fourth-order valence-electron chi connectivity index (χ4n) is 2.10. The first kappa shape index (κ1) is 11.2. The molecule has 0 fully saturated rings. The highest BCUT2D eigenvalue weighted by Gasteiger charge is 2.30. The van der Waals surface area contributed by atoms with Crippen LogP contribution in [0.5, 0.6) is 5.75 Å². The SMILES string of the molecule is CC(C)C(=O)c1ccc2c(c1)CC(C)(C)O2. The Morgan fingerprint density at radius 1 is 1.38 bits per heavy atom. The molecule has 0 unspecified atom stereocenters. The van der Waals surface area contributed by atoms with Gasteiger partial charge in [0, 0.05) is 17.9 Å². The van der Waals surface area contributed by atoms with Crippen molar-refractivity contribution in [2.24, 2.45) is 5.92 Å². The first-order valence-corrected chi connectivity index (χ1v) is 5.75. The van der Waals surface area contributed by atoms with Gasteiger partial charge in [0.2, 0.25) is 0 Å². The molecular formula is C14H18O2.